The lowest BCUT2D eigenvalue weighted by molar-refractivity contribution is -0.143. The van der Waals surface area contributed by atoms with Crippen LogP contribution in [-0.2, 0) is 19.6 Å². The van der Waals surface area contributed by atoms with Gasteiger partial charge in [-0.25, -0.2) is 12.8 Å². The zero-order chi connectivity index (χ0) is 19.8. The number of carbonyl (C=O) groups is 2. The van der Waals surface area contributed by atoms with Crippen molar-refractivity contribution in [3.63, 3.8) is 0 Å². The largest absolute Gasteiger partial charge is 0.481 e. The standard InChI is InChI=1S/C18H23FN2O5S/c1-12-16(18(23)24)8-10-21(12)17(22)13-3-2-9-20(11-13)27(25,26)15-6-4-14(19)5-7-15/h4-7,12-13,16H,2-3,8-11H2,1H3,(H,23,24). The van der Waals surface area contributed by atoms with Crippen molar-refractivity contribution in [2.45, 2.75) is 37.1 Å². The normalized spacial score (nSPS) is 26.9. The summed E-state index contributed by atoms with van der Waals surface area (Å²) in [5.41, 5.74) is 0. The number of sulfonamides is 1. The van der Waals surface area contributed by atoms with Gasteiger partial charge in [0, 0.05) is 25.7 Å². The molecular weight excluding hydrogens is 375 g/mol. The number of benzene rings is 1. The molecule has 2 fully saturated rings. The van der Waals surface area contributed by atoms with Crippen LogP contribution < -0.4 is 0 Å². The zero-order valence-corrected chi connectivity index (χ0v) is 15.9. The first-order chi connectivity index (χ1) is 12.7. The highest BCUT2D eigenvalue weighted by Gasteiger charge is 2.42. The first-order valence-corrected chi connectivity index (χ1v) is 10.4. The van der Waals surface area contributed by atoms with Crippen LogP contribution in [0.15, 0.2) is 29.2 Å². The third-order valence-corrected chi connectivity index (χ3v) is 7.42. The van der Waals surface area contributed by atoms with Crippen LogP contribution in [0.5, 0.6) is 0 Å². The molecule has 0 spiro atoms. The highest BCUT2D eigenvalue weighted by molar-refractivity contribution is 7.89. The van der Waals surface area contributed by atoms with Gasteiger partial charge < -0.3 is 10.0 Å². The molecule has 3 rings (SSSR count). The quantitative estimate of drug-likeness (QED) is 0.830. The Morgan fingerprint density at radius 1 is 1.15 bits per heavy atom. The minimum absolute atomic E-state index is 0.00233. The van der Waals surface area contributed by atoms with Crippen molar-refractivity contribution in [2.24, 2.45) is 11.8 Å². The highest BCUT2D eigenvalue weighted by Crippen LogP contribution is 2.30. The van der Waals surface area contributed by atoms with Crippen molar-refractivity contribution < 1.29 is 27.5 Å². The summed E-state index contributed by atoms with van der Waals surface area (Å²) in [5.74, 6) is -2.70. The lowest BCUT2D eigenvalue weighted by Gasteiger charge is -2.34. The molecule has 2 aliphatic rings. The number of likely N-dealkylation sites (tertiary alicyclic amines) is 1. The van der Waals surface area contributed by atoms with Gasteiger partial charge in [-0.1, -0.05) is 0 Å². The third-order valence-electron chi connectivity index (χ3n) is 5.54. The summed E-state index contributed by atoms with van der Waals surface area (Å²) in [5, 5.41) is 9.24. The van der Waals surface area contributed by atoms with Gasteiger partial charge in [0.2, 0.25) is 15.9 Å². The summed E-state index contributed by atoms with van der Waals surface area (Å²) >= 11 is 0. The van der Waals surface area contributed by atoms with Gasteiger partial charge in [0.15, 0.2) is 0 Å². The van der Waals surface area contributed by atoms with E-state index < -0.39 is 39.7 Å². The van der Waals surface area contributed by atoms with Crippen LogP contribution in [0.3, 0.4) is 0 Å². The molecule has 148 valence electrons. The van der Waals surface area contributed by atoms with Gasteiger partial charge in [0.25, 0.3) is 0 Å². The van der Waals surface area contributed by atoms with E-state index >= 15 is 0 Å². The van der Waals surface area contributed by atoms with Gasteiger partial charge in [-0.3, -0.25) is 9.59 Å². The second-order valence-electron chi connectivity index (χ2n) is 7.16. The number of hydrogen-bond acceptors (Lipinski definition) is 4. The van der Waals surface area contributed by atoms with E-state index in [4.69, 9.17) is 0 Å². The molecule has 0 aromatic heterocycles. The smallest absolute Gasteiger partial charge is 0.308 e. The maximum absolute atomic E-state index is 13.1. The predicted molar refractivity (Wildman–Crippen MR) is 94.8 cm³/mol. The van der Waals surface area contributed by atoms with Crippen LogP contribution in [0.1, 0.15) is 26.2 Å². The van der Waals surface area contributed by atoms with E-state index in [1.54, 1.807) is 11.8 Å². The van der Waals surface area contributed by atoms with Crippen molar-refractivity contribution >= 4 is 21.9 Å². The summed E-state index contributed by atoms with van der Waals surface area (Å²) in [7, 11) is -3.80. The number of aliphatic carboxylic acids is 1. The van der Waals surface area contributed by atoms with Crippen LogP contribution in [0.4, 0.5) is 4.39 Å². The number of nitrogens with zero attached hydrogens (tertiary/aromatic N) is 2. The van der Waals surface area contributed by atoms with Crippen molar-refractivity contribution in [1.29, 1.82) is 0 Å². The van der Waals surface area contributed by atoms with Crippen LogP contribution >= 0.6 is 0 Å². The van der Waals surface area contributed by atoms with Crippen LogP contribution in [0.2, 0.25) is 0 Å². The van der Waals surface area contributed by atoms with Gasteiger partial charge in [0.1, 0.15) is 5.82 Å². The fourth-order valence-electron chi connectivity index (χ4n) is 3.93. The SMILES string of the molecule is CC1C(C(=O)O)CCN1C(=O)C1CCCN(S(=O)(=O)c2ccc(F)cc2)C1. The average Bonchev–Trinajstić information content (AvgIpc) is 3.03. The molecule has 2 heterocycles. The fraction of sp³-hybridized carbons (Fsp3) is 0.556. The van der Waals surface area contributed by atoms with E-state index in [1.165, 1.54) is 16.4 Å². The molecular formula is C18H23FN2O5S. The minimum atomic E-state index is -3.80. The third kappa shape index (κ3) is 3.84. The number of rotatable bonds is 4. The Bertz CT molecular complexity index is 827. The molecule has 1 amide bonds. The molecule has 1 aromatic carbocycles. The number of carboxylic acid groups (broad SMARTS) is 1. The Labute approximate surface area is 157 Å². The van der Waals surface area contributed by atoms with Crippen LogP contribution in [0, 0.1) is 17.7 Å². The van der Waals surface area contributed by atoms with Gasteiger partial charge in [0.05, 0.1) is 16.7 Å². The van der Waals surface area contributed by atoms with Crippen LogP contribution in [-0.4, -0.2) is 60.3 Å². The number of halogens is 1. The Balaban J connectivity index is 1.73. The number of carbonyl (C=O) groups excluding carboxylic acids is 1. The molecule has 7 nitrogen and oxygen atoms in total. The monoisotopic (exact) mass is 398 g/mol. The lowest BCUT2D eigenvalue weighted by Crippen LogP contribution is -2.48. The van der Waals surface area contributed by atoms with Crippen molar-refractivity contribution in [1.82, 2.24) is 9.21 Å². The summed E-state index contributed by atoms with van der Waals surface area (Å²) < 4.78 is 39.9. The van der Waals surface area contributed by atoms with E-state index in [2.05, 4.69) is 0 Å². The molecule has 0 radical (unpaired) electrons. The molecule has 3 unspecified atom stereocenters. The van der Waals surface area contributed by atoms with E-state index in [0.717, 1.165) is 12.1 Å². The Hall–Kier alpha value is -2.00. The molecule has 2 saturated heterocycles. The lowest BCUT2D eigenvalue weighted by atomic mass is 9.97. The first-order valence-electron chi connectivity index (χ1n) is 9.01. The summed E-state index contributed by atoms with van der Waals surface area (Å²) in [6.07, 6.45) is 1.52. The molecule has 0 bridgehead atoms. The minimum Gasteiger partial charge on any atom is -0.481 e. The van der Waals surface area contributed by atoms with E-state index in [0.29, 0.717) is 32.4 Å². The average molecular weight is 398 g/mol. The van der Waals surface area contributed by atoms with Crippen molar-refractivity contribution in [2.75, 3.05) is 19.6 Å². The Morgan fingerprint density at radius 3 is 2.41 bits per heavy atom. The summed E-state index contributed by atoms with van der Waals surface area (Å²) in [6.45, 7) is 2.45. The van der Waals surface area contributed by atoms with Gasteiger partial charge in [-0.05, 0) is 50.5 Å². The topological polar surface area (TPSA) is 95.0 Å². The number of piperidine rings is 1. The number of amides is 1. The van der Waals surface area contributed by atoms with Gasteiger partial charge in [-0.2, -0.15) is 4.31 Å². The second-order valence-corrected chi connectivity index (χ2v) is 9.10. The molecule has 0 saturated carbocycles. The molecule has 3 atom stereocenters. The molecule has 27 heavy (non-hydrogen) atoms. The van der Waals surface area contributed by atoms with Crippen molar-refractivity contribution in [3.8, 4) is 0 Å². The van der Waals surface area contributed by atoms with E-state index in [1.807, 2.05) is 0 Å². The molecule has 0 aliphatic carbocycles. The molecule has 1 N–H and O–H groups in total. The second kappa shape index (κ2) is 7.55. The Kier molecular flexibility index (Phi) is 5.53. The van der Waals surface area contributed by atoms with Gasteiger partial charge in [-0.15, -0.1) is 0 Å². The molecule has 2 aliphatic heterocycles. The maximum atomic E-state index is 13.1. The Morgan fingerprint density at radius 2 is 1.81 bits per heavy atom. The fourth-order valence-corrected chi connectivity index (χ4v) is 5.46. The maximum Gasteiger partial charge on any atom is 0.308 e. The summed E-state index contributed by atoms with van der Waals surface area (Å²) in [6, 6.07) is 4.22. The van der Waals surface area contributed by atoms with Crippen molar-refractivity contribution in [3.05, 3.63) is 30.1 Å². The number of carboxylic acids is 1. The first kappa shape index (κ1) is 19.8. The van der Waals surface area contributed by atoms with E-state index in [9.17, 15) is 27.5 Å². The summed E-state index contributed by atoms with van der Waals surface area (Å²) in [4.78, 5) is 25.7. The predicted octanol–water partition coefficient (Wildman–Crippen LogP) is 1.55. The zero-order valence-electron chi connectivity index (χ0n) is 15.0. The molecule has 1 aromatic rings. The highest BCUT2D eigenvalue weighted by atomic mass is 32.2. The molecule has 9 heteroatoms. The van der Waals surface area contributed by atoms with Crippen LogP contribution in [0.25, 0.3) is 0 Å². The van der Waals surface area contributed by atoms with E-state index in [-0.39, 0.29) is 17.3 Å². The number of hydrogen-bond donors (Lipinski definition) is 1. The van der Waals surface area contributed by atoms with Gasteiger partial charge >= 0.3 is 5.97 Å².